The molecule has 20 heavy (non-hydrogen) atoms. The molecule has 1 aromatic rings. The van der Waals surface area contributed by atoms with Crippen LogP contribution < -0.4 is 0 Å². The summed E-state index contributed by atoms with van der Waals surface area (Å²) in [4.78, 5) is 26.8. The van der Waals surface area contributed by atoms with Crippen LogP contribution in [-0.4, -0.2) is 40.2 Å². The largest absolute Gasteiger partial charge is 0.481 e. The first-order valence-corrected chi connectivity index (χ1v) is 8.04. The van der Waals surface area contributed by atoms with Crippen LogP contribution in [0.25, 0.3) is 0 Å². The Morgan fingerprint density at radius 3 is 2.70 bits per heavy atom. The summed E-state index contributed by atoms with van der Waals surface area (Å²) in [6.07, 6.45) is 4.30. The van der Waals surface area contributed by atoms with Gasteiger partial charge in [-0.05, 0) is 37.7 Å². The fourth-order valence-electron chi connectivity index (χ4n) is 3.53. The maximum absolute atomic E-state index is 12.8. The van der Waals surface area contributed by atoms with Gasteiger partial charge in [-0.25, -0.2) is 0 Å². The van der Waals surface area contributed by atoms with Gasteiger partial charge in [-0.1, -0.05) is 12.1 Å². The standard InChI is InChI=1S/C15H17NO3S/c1-20-13-5-3-2-4-10(13)14(17)16-9-6-7-12(16)11(8-9)15(18)19/h2-5,9,11-12H,6-8H2,1H3,(H,18,19). The molecular formula is C15H17NO3S. The van der Waals surface area contributed by atoms with E-state index >= 15 is 0 Å². The molecule has 106 valence electrons. The van der Waals surface area contributed by atoms with E-state index < -0.39 is 5.97 Å². The summed E-state index contributed by atoms with van der Waals surface area (Å²) in [6, 6.07) is 7.52. The van der Waals surface area contributed by atoms with E-state index in [1.54, 1.807) is 11.8 Å². The van der Waals surface area contributed by atoms with Crippen molar-refractivity contribution in [2.75, 3.05) is 6.26 Å². The Balaban J connectivity index is 1.90. The fraction of sp³-hybridized carbons (Fsp3) is 0.467. The molecule has 2 saturated heterocycles. The Morgan fingerprint density at radius 2 is 2.05 bits per heavy atom. The number of carbonyl (C=O) groups excluding carboxylic acids is 1. The number of carbonyl (C=O) groups is 2. The second kappa shape index (κ2) is 5.13. The molecule has 2 bridgehead atoms. The van der Waals surface area contributed by atoms with Crippen molar-refractivity contribution in [1.29, 1.82) is 0 Å². The molecule has 2 aliphatic heterocycles. The summed E-state index contributed by atoms with van der Waals surface area (Å²) in [5.74, 6) is -1.17. The Morgan fingerprint density at radius 1 is 1.30 bits per heavy atom. The van der Waals surface area contributed by atoms with Crippen LogP contribution in [0.4, 0.5) is 0 Å². The highest BCUT2D eigenvalue weighted by Crippen LogP contribution is 2.43. The maximum Gasteiger partial charge on any atom is 0.308 e. The van der Waals surface area contributed by atoms with Gasteiger partial charge in [-0.15, -0.1) is 11.8 Å². The minimum Gasteiger partial charge on any atom is -0.481 e. The molecule has 4 nitrogen and oxygen atoms in total. The minimum absolute atomic E-state index is 0.00815. The molecule has 3 atom stereocenters. The number of carboxylic acid groups (broad SMARTS) is 1. The Bertz CT molecular complexity index is 560. The number of aliphatic carboxylic acids is 1. The lowest BCUT2D eigenvalue weighted by Gasteiger charge is -2.24. The number of thioether (sulfide) groups is 1. The van der Waals surface area contributed by atoms with Gasteiger partial charge in [0.1, 0.15) is 0 Å². The quantitative estimate of drug-likeness (QED) is 0.869. The number of carboxylic acids is 1. The van der Waals surface area contributed by atoms with E-state index in [2.05, 4.69) is 0 Å². The number of benzene rings is 1. The molecule has 2 aliphatic rings. The van der Waals surface area contributed by atoms with Gasteiger partial charge in [-0.3, -0.25) is 9.59 Å². The number of fused-ring (bicyclic) bond motifs is 2. The first-order chi connectivity index (χ1) is 9.63. The molecule has 1 N–H and O–H groups in total. The van der Waals surface area contributed by atoms with Gasteiger partial charge in [0.2, 0.25) is 0 Å². The Hall–Kier alpha value is -1.49. The van der Waals surface area contributed by atoms with Gasteiger partial charge in [0.05, 0.1) is 11.5 Å². The van der Waals surface area contributed by atoms with Gasteiger partial charge in [-0.2, -0.15) is 0 Å². The Labute approximate surface area is 122 Å². The molecule has 0 radical (unpaired) electrons. The van der Waals surface area contributed by atoms with Crippen molar-refractivity contribution in [1.82, 2.24) is 4.90 Å². The molecule has 5 heteroatoms. The zero-order valence-electron chi connectivity index (χ0n) is 11.3. The van der Waals surface area contributed by atoms with Crippen LogP contribution in [0.5, 0.6) is 0 Å². The van der Waals surface area contributed by atoms with E-state index in [1.807, 2.05) is 35.4 Å². The van der Waals surface area contributed by atoms with Crippen LogP contribution >= 0.6 is 11.8 Å². The van der Waals surface area contributed by atoms with E-state index in [0.29, 0.717) is 12.0 Å². The lowest BCUT2D eigenvalue weighted by atomic mass is 9.89. The molecule has 3 unspecified atom stereocenters. The summed E-state index contributed by atoms with van der Waals surface area (Å²) in [5.41, 5.74) is 0.697. The molecule has 2 heterocycles. The number of hydrogen-bond donors (Lipinski definition) is 1. The van der Waals surface area contributed by atoms with Crippen LogP contribution in [0.1, 0.15) is 29.6 Å². The predicted octanol–water partition coefficient (Wildman–Crippen LogP) is 2.49. The molecule has 1 aromatic carbocycles. The molecule has 0 spiro atoms. The monoisotopic (exact) mass is 291 g/mol. The third-order valence-corrected chi connectivity index (χ3v) is 5.22. The lowest BCUT2D eigenvalue weighted by Crippen LogP contribution is -2.38. The van der Waals surface area contributed by atoms with Crippen LogP contribution in [0.3, 0.4) is 0 Å². The minimum atomic E-state index is -0.770. The lowest BCUT2D eigenvalue weighted by molar-refractivity contribution is -0.142. The van der Waals surface area contributed by atoms with Crippen LogP contribution in [0.2, 0.25) is 0 Å². The van der Waals surface area contributed by atoms with Gasteiger partial charge >= 0.3 is 5.97 Å². The van der Waals surface area contributed by atoms with E-state index in [0.717, 1.165) is 17.7 Å². The van der Waals surface area contributed by atoms with E-state index in [1.165, 1.54) is 0 Å². The van der Waals surface area contributed by atoms with E-state index in [-0.39, 0.29) is 23.9 Å². The van der Waals surface area contributed by atoms with Crippen molar-refractivity contribution in [2.24, 2.45) is 5.92 Å². The smallest absolute Gasteiger partial charge is 0.308 e. The van der Waals surface area contributed by atoms with E-state index in [4.69, 9.17) is 0 Å². The van der Waals surface area contributed by atoms with Crippen molar-refractivity contribution >= 4 is 23.6 Å². The summed E-state index contributed by atoms with van der Waals surface area (Å²) in [7, 11) is 0. The molecule has 0 saturated carbocycles. The molecule has 3 rings (SSSR count). The average molecular weight is 291 g/mol. The number of nitrogens with zero attached hydrogens (tertiary/aromatic N) is 1. The molecule has 0 aliphatic carbocycles. The second-order valence-corrected chi connectivity index (χ2v) is 6.24. The van der Waals surface area contributed by atoms with E-state index in [9.17, 15) is 14.7 Å². The zero-order chi connectivity index (χ0) is 14.3. The molecule has 1 amide bonds. The summed E-state index contributed by atoms with van der Waals surface area (Å²) >= 11 is 1.55. The van der Waals surface area contributed by atoms with Crippen LogP contribution in [0.15, 0.2) is 29.2 Å². The highest BCUT2D eigenvalue weighted by atomic mass is 32.2. The first kappa shape index (κ1) is 13.5. The number of rotatable bonds is 3. The Kier molecular flexibility index (Phi) is 3.46. The number of hydrogen-bond acceptors (Lipinski definition) is 3. The second-order valence-electron chi connectivity index (χ2n) is 5.39. The van der Waals surface area contributed by atoms with Crippen molar-refractivity contribution in [3.8, 4) is 0 Å². The van der Waals surface area contributed by atoms with Gasteiger partial charge in [0.25, 0.3) is 5.91 Å². The molecule has 2 fully saturated rings. The summed E-state index contributed by atoms with van der Waals surface area (Å²) in [5, 5.41) is 9.26. The third-order valence-electron chi connectivity index (χ3n) is 4.43. The van der Waals surface area contributed by atoms with Gasteiger partial charge < -0.3 is 10.0 Å². The van der Waals surface area contributed by atoms with Gasteiger partial charge in [0.15, 0.2) is 0 Å². The van der Waals surface area contributed by atoms with Crippen molar-refractivity contribution in [3.05, 3.63) is 29.8 Å². The highest BCUT2D eigenvalue weighted by molar-refractivity contribution is 7.98. The maximum atomic E-state index is 12.8. The average Bonchev–Trinajstić information content (AvgIpc) is 3.04. The number of amides is 1. The van der Waals surface area contributed by atoms with Gasteiger partial charge in [0, 0.05) is 17.0 Å². The van der Waals surface area contributed by atoms with Crippen LogP contribution in [-0.2, 0) is 4.79 Å². The predicted molar refractivity (Wildman–Crippen MR) is 76.9 cm³/mol. The van der Waals surface area contributed by atoms with Crippen LogP contribution in [0, 0.1) is 5.92 Å². The molecular weight excluding hydrogens is 274 g/mol. The first-order valence-electron chi connectivity index (χ1n) is 6.82. The summed E-state index contributed by atoms with van der Waals surface area (Å²) in [6.45, 7) is 0. The highest BCUT2D eigenvalue weighted by Gasteiger charge is 2.51. The fourth-order valence-corrected chi connectivity index (χ4v) is 4.12. The molecule has 0 aromatic heterocycles. The van der Waals surface area contributed by atoms with Crippen molar-refractivity contribution in [3.63, 3.8) is 0 Å². The van der Waals surface area contributed by atoms with Crippen molar-refractivity contribution < 1.29 is 14.7 Å². The normalized spacial score (nSPS) is 27.9. The SMILES string of the molecule is CSc1ccccc1C(=O)N1C2CCC1C(C(=O)O)C2. The van der Waals surface area contributed by atoms with Crippen molar-refractivity contribution in [2.45, 2.75) is 36.2 Å². The topological polar surface area (TPSA) is 57.6 Å². The zero-order valence-corrected chi connectivity index (χ0v) is 12.1. The third kappa shape index (κ3) is 2.00. The summed E-state index contributed by atoms with van der Waals surface area (Å²) < 4.78 is 0.